The summed E-state index contributed by atoms with van der Waals surface area (Å²) < 4.78 is 5.69. The van der Waals surface area contributed by atoms with E-state index < -0.39 is 0 Å². The van der Waals surface area contributed by atoms with Gasteiger partial charge in [-0.05, 0) is 42.2 Å². The van der Waals surface area contributed by atoms with Crippen LogP contribution in [-0.2, 0) is 6.42 Å². The Bertz CT molecular complexity index is 1180. The summed E-state index contributed by atoms with van der Waals surface area (Å²) in [4.78, 5) is 18.3. The number of nitrogens with one attached hydrogen (secondary N) is 1. The molecule has 4 nitrogen and oxygen atoms in total. The van der Waals surface area contributed by atoms with Gasteiger partial charge in [-0.25, -0.2) is 4.79 Å². The van der Waals surface area contributed by atoms with E-state index in [-0.39, 0.29) is 5.63 Å². The van der Waals surface area contributed by atoms with Crippen LogP contribution in [0.5, 0.6) is 0 Å². The van der Waals surface area contributed by atoms with Crippen molar-refractivity contribution in [3.05, 3.63) is 64.5 Å². The minimum absolute atomic E-state index is 0.310. The van der Waals surface area contributed by atoms with E-state index in [2.05, 4.69) is 31.0 Å². The van der Waals surface area contributed by atoms with Crippen molar-refractivity contribution in [1.29, 1.82) is 0 Å². The molecule has 0 spiro atoms. The minimum atomic E-state index is -0.310. The van der Waals surface area contributed by atoms with Crippen molar-refractivity contribution in [2.45, 2.75) is 20.3 Å². The van der Waals surface area contributed by atoms with Crippen LogP contribution in [-0.4, -0.2) is 19.1 Å². The van der Waals surface area contributed by atoms with Crippen molar-refractivity contribution < 1.29 is 4.42 Å². The SMILES string of the molecule is CC(C)Cc1c(-c2cc3ccc(N(C)C)cc3oc2=O)[nH]c2ccccc12. The van der Waals surface area contributed by atoms with Crippen LogP contribution in [0.4, 0.5) is 5.69 Å². The molecule has 27 heavy (non-hydrogen) atoms. The Labute approximate surface area is 158 Å². The molecule has 4 rings (SSSR count). The van der Waals surface area contributed by atoms with E-state index in [1.165, 1.54) is 10.9 Å². The summed E-state index contributed by atoms with van der Waals surface area (Å²) in [5, 5.41) is 2.09. The summed E-state index contributed by atoms with van der Waals surface area (Å²) in [6.45, 7) is 4.38. The highest BCUT2D eigenvalue weighted by Gasteiger charge is 2.18. The van der Waals surface area contributed by atoms with Gasteiger partial charge in [-0.3, -0.25) is 0 Å². The Morgan fingerprint density at radius 2 is 1.85 bits per heavy atom. The van der Waals surface area contributed by atoms with Crippen LogP contribution in [0.2, 0.25) is 0 Å². The number of benzene rings is 2. The summed E-state index contributed by atoms with van der Waals surface area (Å²) in [6.07, 6.45) is 0.899. The minimum Gasteiger partial charge on any atom is -0.422 e. The topological polar surface area (TPSA) is 49.2 Å². The van der Waals surface area contributed by atoms with Crippen LogP contribution in [0.3, 0.4) is 0 Å². The first kappa shape index (κ1) is 17.4. The molecule has 0 aliphatic carbocycles. The smallest absolute Gasteiger partial charge is 0.345 e. The second-order valence-electron chi connectivity index (χ2n) is 7.69. The Kier molecular flexibility index (Phi) is 4.27. The number of fused-ring (bicyclic) bond motifs is 2. The molecule has 4 aromatic rings. The highest BCUT2D eigenvalue weighted by atomic mass is 16.4. The fourth-order valence-electron chi connectivity index (χ4n) is 3.60. The highest BCUT2D eigenvalue weighted by Crippen LogP contribution is 2.32. The second-order valence-corrected chi connectivity index (χ2v) is 7.69. The van der Waals surface area contributed by atoms with Crippen LogP contribution < -0.4 is 10.5 Å². The van der Waals surface area contributed by atoms with E-state index in [0.717, 1.165) is 28.7 Å². The van der Waals surface area contributed by atoms with Gasteiger partial charge >= 0.3 is 5.63 Å². The fourth-order valence-corrected chi connectivity index (χ4v) is 3.60. The molecule has 0 radical (unpaired) electrons. The van der Waals surface area contributed by atoms with Crippen LogP contribution in [0.1, 0.15) is 19.4 Å². The number of rotatable bonds is 4. The van der Waals surface area contributed by atoms with Gasteiger partial charge in [0.2, 0.25) is 0 Å². The quantitative estimate of drug-likeness (QED) is 0.509. The molecule has 0 bridgehead atoms. The number of aromatic nitrogens is 1. The lowest BCUT2D eigenvalue weighted by Gasteiger charge is -2.13. The van der Waals surface area contributed by atoms with Crippen molar-refractivity contribution >= 4 is 27.6 Å². The molecule has 0 atom stereocenters. The molecule has 0 aliphatic rings. The maximum atomic E-state index is 12.8. The molecule has 0 aliphatic heterocycles. The molecule has 0 saturated heterocycles. The Morgan fingerprint density at radius 3 is 2.59 bits per heavy atom. The molecule has 0 unspecified atom stereocenters. The first-order valence-corrected chi connectivity index (χ1v) is 9.29. The number of hydrogen-bond acceptors (Lipinski definition) is 3. The maximum Gasteiger partial charge on any atom is 0.345 e. The van der Waals surface area contributed by atoms with Gasteiger partial charge in [0.05, 0.1) is 11.3 Å². The summed E-state index contributed by atoms with van der Waals surface area (Å²) in [6, 6.07) is 16.1. The van der Waals surface area contributed by atoms with Crippen LogP contribution >= 0.6 is 0 Å². The molecule has 2 aromatic heterocycles. The summed E-state index contributed by atoms with van der Waals surface area (Å²) in [5.74, 6) is 0.484. The van der Waals surface area contributed by atoms with Crippen molar-refractivity contribution in [2.24, 2.45) is 5.92 Å². The van der Waals surface area contributed by atoms with Crippen molar-refractivity contribution in [1.82, 2.24) is 4.98 Å². The molecular formula is C23H24N2O2. The molecular weight excluding hydrogens is 336 g/mol. The number of H-pyrrole nitrogens is 1. The van der Waals surface area contributed by atoms with Gasteiger partial charge in [-0.2, -0.15) is 0 Å². The third-order valence-electron chi connectivity index (χ3n) is 4.93. The van der Waals surface area contributed by atoms with Crippen LogP contribution in [0.25, 0.3) is 33.1 Å². The van der Waals surface area contributed by atoms with Crippen LogP contribution in [0, 0.1) is 5.92 Å². The van der Waals surface area contributed by atoms with E-state index in [1.54, 1.807) is 0 Å². The largest absolute Gasteiger partial charge is 0.422 e. The zero-order valence-electron chi connectivity index (χ0n) is 16.2. The average Bonchev–Trinajstić information content (AvgIpc) is 2.98. The van der Waals surface area contributed by atoms with Gasteiger partial charge in [0.15, 0.2) is 0 Å². The number of aromatic amines is 1. The second kappa shape index (κ2) is 6.62. The summed E-state index contributed by atoms with van der Waals surface area (Å²) in [5.41, 5.74) is 4.99. The molecule has 2 aromatic carbocycles. The lowest BCUT2D eigenvalue weighted by molar-refractivity contribution is 0.563. The zero-order valence-corrected chi connectivity index (χ0v) is 16.2. The lowest BCUT2D eigenvalue weighted by Crippen LogP contribution is -2.09. The normalized spacial score (nSPS) is 11.6. The first-order valence-electron chi connectivity index (χ1n) is 9.29. The van der Waals surface area contributed by atoms with E-state index in [4.69, 9.17) is 4.42 Å². The number of para-hydroxylation sites is 1. The summed E-state index contributed by atoms with van der Waals surface area (Å²) in [7, 11) is 3.94. The van der Waals surface area contributed by atoms with Gasteiger partial charge in [0.1, 0.15) is 5.58 Å². The summed E-state index contributed by atoms with van der Waals surface area (Å²) >= 11 is 0. The highest BCUT2D eigenvalue weighted by molar-refractivity contribution is 5.92. The average molecular weight is 360 g/mol. The molecule has 0 saturated carbocycles. The third-order valence-corrected chi connectivity index (χ3v) is 4.93. The third kappa shape index (κ3) is 3.12. The van der Waals surface area contributed by atoms with E-state index in [0.29, 0.717) is 17.1 Å². The monoisotopic (exact) mass is 360 g/mol. The lowest BCUT2D eigenvalue weighted by atomic mass is 9.97. The number of nitrogens with zero attached hydrogens (tertiary/aromatic N) is 1. The van der Waals surface area contributed by atoms with Crippen molar-refractivity contribution in [2.75, 3.05) is 19.0 Å². The predicted molar refractivity (Wildman–Crippen MR) is 113 cm³/mol. The van der Waals surface area contributed by atoms with E-state index in [9.17, 15) is 4.79 Å². The fraction of sp³-hybridized carbons (Fsp3) is 0.261. The van der Waals surface area contributed by atoms with E-state index >= 15 is 0 Å². The van der Waals surface area contributed by atoms with Gasteiger partial charge < -0.3 is 14.3 Å². The maximum absolute atomic E-state index is 12.8. The Balaban J connectivity index is 1.95. The Morgan fingerprint density at radius 1 is 1.07 bits per heavy atom. The van der Waals surface area contributed by atoms with Crippen molar-refractivity contribution in [3.63, 3.8) is 0 Å². The molecule has 0 fully saturated rings. The molecule has 0 amide bonds. The molecule has 1 N–H and O–H groups in total. The van der Waals surface area contributed by atoms with Crippen molar-refractivity contribution in [3.8, 4) is 11.3 Å². The Hall–Kier alpha value is -3.01. The standard InChI is InChI=1S/C23H24N2O2/c1-14(2)11-18-17-7-5-6-8-20(17)24-22(18)19-12-15-9-10-16(25(3)4)13-21(15)27-23(19)26/h5-10,12-14,24H,11H2,1-4H3. The number of anilines is 1. The predicted octanol–water partition coefficient (Wildman–Crippen LogP) is 5.21. The van der Waals surface area contributed by atoms with Gasteiger partial charge in [0, 0.05) is 42.1 Å². The number of hydrogen-bond donors (Lipinski definition) is 1. The van der Waals surface area contributed by atoms with Gasteiger partial charge in [-0.15, -0.1) is 0 Å². The molecule has 4 heteroatoms. The first-order chi connectivity index (χ1) is 12.9. The van der Waals surface area contributed by atoms with Gasteiger partial charge in [0.25, 0.3) is 0 Å². The molecule has 2 heterocycles. The molecule has 138 valence electrons. The van der Waals surface area contributed by atoms with Crippen LogP contribution in [0.15, 0.2) is 57.7 Å². The van der Waals surface area contributed by atoms with Gasteiger partial charge in [-0.1, -0.05) is 32.0 Å². The van der Waals surface area contributed by atoms with E-state index in [1.807, 2.05) is 55.4 Å². The zero-order chi connectivity index (χ0) is 19.1.